The van der Waals surface area contributed by atoms with Crippen molar-refractivity contribution in [2.24, 2.45) is 0 Å². The van der Waals surface area contributed by atoms with E-state index in [9.17, 15) is 20.4 Å². The number of benzene rings is 2. The highest BCUT2D eigenvalue weighted by Gasteiger charge is 2.45. The van der Waals surface area contributed by atoms with E-state index in [1.165, 1.54) is 0 Å². The molecule has 0 amide bonds. The van der Waals surface area contributed by atoms with Crippen molar-refractivity contribution in [3.63, 3.8) is 0 Å². The van der Waals surface area contributed by atoms with Gasteiger partial charge in [0, 0.05) is 5.39 Å². The first kappa shape index (κ1) is 15.2. The molecule has 4 N–H and O–H groups in total. The monoisotopic (exact) mass is 306 g/mol. The molecular formula is C16H18O6. The Hall–Kier alpha value is -1.70. The van der Waals surface area contributed by atoms with Crippen LogP contribution in [0, 0.1) is 0 Å². The maximum atomic E-state index is 10.2. The maximum Gasteiger partial charge on any atom is 0.185 e. The van der Waals surface area contributed by atoms with E-state index >= 15 is 0 Å². The Balaban J connectivity index is 1.92. The van der Waals surface area contributed by atoms with Crippen molar-refractivity contribution in [3.8, 4) is 5.75 Å². The number of aliphatic hydroxyl groups is 4. The highest BCUT2D eigenvalue weighted by Crippen LogP contribution is 2.30. The van der Waals surface area contributed by atoms with Gasteiger partial charge < -0.3 is 29.9 Å². The zero-order valence-electron chi connectivity index (χ0n) is 11.7. The van der Waals surface area contributed by atoms with Gasteiger partial charge in [-0.25, -0.2) is 0 Å². The van der Waals surface area contributed by atoms with Gasteiger partial charge in [0.25, 0.3) is 0 Å². The fourth-order valence-electron chi connectivity index (χ4n) is 2.65. The molecule has 6 nitrogen and oxygen atoms in total. The van der Waals surface area contributed by atoms with Crippen molar-refractivity contribution in [2.45, 2.75) is 30.7 Å². The second-order valence-corrected chi connectivity index (χ2v) is 5.29. The minimum absolute atomic E-state index is 0.479. The lowest BCUT2D eigenvalue weighted by atomic mass is 9.99. The van der Waals surface area contributed by atoms with Crippen molar-refractivity contribution < 1.29 is 29.9 Å². The summed E-state index contributed by atoms with van der Waals surface area (Å²) < 4.78 is 10.7. The Morgan fingerprint density at radius 3 is 2.45 bits per heavy atom. The topological polar surface area (TPSA) is 99.4 Å². The van der Waals surface area contributed by atoms with Crippen molar-refractivity contribution >= 4 is 10.8 Å². The third-order valence-corrected chi connectivity index (χ3v) is 3.85. The molecule has 1 fully saturated rings. The standard InChI is InChI=1S/C16H18O6/c17-8-12-13(18)15(14(19)16(20)22-12)21-11-7-3-5-9-4-1-2-6-10(9)11/h1-7,12-20H,8H2/t12-,13-,14+,15+,16-/m1/s1. The molecule has 1 heterocycles. The minimum Gasteiger partial charge on any atom is -0.484 e. The quantitative estimate of drug-likeness (QED) is 0.638. The summed E-state index contributed by atoms with van der Waals surface area (Å²) in [6.45, 7) is -0.486. The van der Waals surface area contributed by atoms with E-state index in [0.717, 1.165) is 10.8 Å². The van der Waals surface area contributed by atoms with E-state index in [-0.39, 0.29) is 0 Å². The lowest BCUT2D eigenvalue weighted by molar-refractivity contribution is -0.281. The molecule has 0 aliphatic carbocycles. The van der Waals surface area contributed by atoms with Crippen LogP contribution in [0.15, 0.2) is 42.5 Å². The second kappa shape index (κ2) is 6.20. The summed E-state index contributed by atoms with van der Waals surface area (Å²) >= 11 is 0. The van der Waals surface area contributed by atoms with Crippen molar-refractivity contribution in [1.82, 2.24) is 0 Å². The fourth-order valence-corrected chi connectivity index (χ4v) is 2.65. The molecule has 0 spiro atoms. The van der Waals surface area contributed by atoms with Gasteiger partial charge in [0.05, 0.1) is 6.61 Å². The molecule has 0 bridgehead atoms. The molecule has 3 rings (SSSR count). The highest BCUT2D eigenvalue weighted by molar-refractivity contribution is 5.88. The van der Waals surface area contributed by atoms with Gasteiger partial charge in [-0.15, -0.1) is 0 Å². The molecule has 2 aromatic carbocycles. The van der Waals surface area contributed by atoms with Crippen LogP contribution in [0.3, 0.4) is 0 Å². The Kier molecular flexibility index (Phi) is 4.28. The van der Waals surface area contributed by atoms with E-state index in [1.54, 1.807) is 12.1 Å². The fraction of sp³-hybridized carbons (Fsp3) is 0.375. The summed E-state index contributed by atoms with van der Waals surface area (Å²) in [5, 5.41) is 40.8. The van der Waals surface area contributed by atoms with Crippen LogP contribution in [0.4, 0.5) is 0 Å². The van der Waals surface area contributed by atoms with Gasteiger partial charge in [0.2, 0.25) is 0 Å². The highest BCUT2D eigenvalue weighted by atomic mass is 16.6. The van der Waals surface area contributed by atoms with Crippen LogP contribution in [0.25, 0.3) is 10.8 Å². The van der Waals surface area contributed by atoms with Gasteiger partial charge in [0.15, 0.2) is 12.4 Å². The van der Waals surface area contributed by atoms with E-state index in [1.807, 2.05) is 30.3 Å². The molecular weight excluding hydrogens is 288 g/mol. The molecule has 0 unspecified atom stereocenters. The Morgan fingerprint density at radius 1 is 0.955 bits per heavy atom. The predicted octanol–water partition coefficient (Wildman–Crippen LogP) is 0.0185. The van der Waals surface area contributed by atoms with Crippen LogP contribution in [0.5, 0.6) is 5.75 Å². The van der Waals surface area contributed by atoms with Crippen LogP contribution in [0.2, 0.25) is 0 Å². The average Bonchev–Trinajstić information content (AvgIpc) is 2.55. The minimum atomic E-state index is -1.53. The number of hydrogen-bond donors (Lipinski definition) is 4. The molecule has 22 heavy (non-hydrogen) atoms. The van der Waals surface area contributed by atoms with Crippen LogP contribution in [0.1, 0.15) is 0 Å². The third-order valence-electron chi connectivity index (χ3n) is 3.85. The normalized spacial score (nSPS) is 32.1. The Bertz CT molecular complexity index is 640. The number of fused-ring (bicyclic) bond motifs is 1. The van der Waals surface area contributed by atoms with Crippen LogP contribution in [-0.4, -0.2) is 57.7 Å². The summed E-state index contributed by atoms with van der Waals surface area (Å²) in [6.07, 6.45) is -6.33. The molecule has 0 radical (unpaired) electrons. The smallest absolute Gasteiger partial charge is 0.185 e. The van der Waals surface area contributed by atoms with Gasteiger partial charge in [0.1, 0.15) is 24.1 Å². The SMILES string of the molecule is OC[C@H]1O[C@@H](O)[C@@H](O)[C@@H](Oc2cccc3ccccc23)[C@@H]1O. The van der Waals surface area contributed by atoms with Crippen LogP contribution < -0.4 is 4.74 Å². The van der Waals surface area contributed by atoms with Crippen molar-refractivity contribution in [2.75, 3.05) is 6.61 Å². The molecule has 1 aliphatic rings. The molecule has 0 saturated carbocycles. The largest absolute Gasteiger partial charge is 0.484 e. The molecule has 6 heteroatoms. The van der Waals surface area contributed by atoms with Crippen molar-refractivity contribution in [3.05, 3.63) is 42.5 Å². The van der Waals surface area contributed by atoms with Gasteiger partial charge in [-0.2, -0.15) is 0 Å². The molecule has 1 saturated heterocycles. The van der Waals surface area contributed by atoms with E-state index in [0.29, 0.717) is 5.75 Å². The molecule has 1 aliphatic heterocycles. The zero-order valence-corrected chi connectivity index (χ0v) is 11.7. The van der Waals surface area contributed by atoms with E-state index in [4.69, 9.17) is 9.47 Å². The summed E-state index contributed by atoms with van der Waals surface area (Å²) in [4.78, 5) is 0. The van der Waals surface area contributed by atoms with Gasteiger partial charge in [-0.1, -0.05) is 36.4 Å². The van der Waals surface area contributed by atoms with E-state index in [2.05, 4.69) is 0 Å². The first-order valence-electron chi connectivity index (χ1n) is 7.07. The molecule has 5 atom stereocenters. The summed E-state index contributed by atoms with van der Waals surface area (Å²) in [6, 6.07) is 13.0. The number of aliphatic hydroxyl groups excluding tert-OH is 4. The first-order chi connectivity index (χ1) is 10.6. The number of hydrogen-bond acceptors (Lipinski definition) is 6. The number of ether oxygens (including phenoxy) is 2. The van der Waals surface area contributed by atoms with Crippen LogP contribution >= 0.6 is 0 Å². The lowest BCUT2D eigenvalue weighted by Gasteiger charge is -2.40. The molecule has 0 aromatic heterocycles. The number of rotatable bonds is 3. The van der Waals surface area contributed by atoms with E-state index < -0.39 is 37.3 Å². The lowest BCUT2D eigenvalue weighted by Crippen LogP contribution is -2.60. The maximum absolute atomic E-state index is 10.2. The second-order valence-electron chi connectivity index (χ2n) is 5.29. The summed E-state index contributed by atoms with van der Waals surface area (Å²) in [7, 11) is 0. The molecule has 2 aromatic rings. The summed E-state index contributed by atoms with van der Waals surface area (Å²) in [5.74, 6) is 0.479. The van der Waals surface area contributed by atoms with Crippen molar-refractivity contribution in [1.29, 1.82) is 0 Å². The van der Waals surface area contributed by atoms with Gasteiger partial charge in [-0.3, -0.25) is 0 Å². The third kappa shape index (κ3) is 2.67. The zero-order chi connectivity index (χ0) is 15.7. The summed E-state index contributed by atoms with van der Waals surface area (Å²) in [5.41, 5.74) is 0. The Labute approximate surface area is 127 Å². The van der Waals surface area contributed by atoms with Crippen LogP contribution in [-0.2, 0) is 4.74 Å². The first-order valence-corrected chi connectivity index (χ1v) is 7.07. The Morgan fingerprint density at radius 2 is 1.68 bits per heavy atom. The van der Waals surface area contributed by atoms with Gasteiger partial charge in [-0.05, 0) is 11.5 Å². The predicted molar refractivity (Wildman–Crippen MR) is 78.3 cm³/mol. The average molecular weight is 306 g/mol. The molecule has 118 valence electrons. The van der Waals surface area contributed by atoms with Gasteiger partial charge >= 0.3 is 0 Å².